The maximum Gasteiger partial charge on any atom is 0.267 e. The molecule has 1 aromatic rings. The standard InChI is InChI=1S/C7H5Cl2F2NO3S/c1-15-7-5(16(9,13)14)3(6(10)11)2-4(8)12-7/h2,6H,1H3. The molecule has 0 radical (unpaired) electrons. The number of methoxy groups -OCH3 is 1. The van der Waals surface area contributed by atoms with E-state index < -0.39 is 31.8 Å². The normalized spacial score (nSPS) is 11.9. The lowest BCUT2D eigenvalue weighted by Gasteiger charge is -2.10. The number of nitrogens with zero attached hydrogens (tertiary/aromatic N) is 1. The van der Waals surface area contributed by atoms with E-state index in [1.165, 1.54) is 0 Å². The van der Waals surface area contributed by atoms with Crippen LogP contribution in [0.5, 0.6) is 5.88 Å². The van der Waals surface area contributed by atoms with E-state index in [-0.39, 0.29) is 5.15 Å². The molecule has 9 heteroatoms. The van der Waals surface area contributed by atoms with Gasteiger partial charge in [0, 0.05) is 16.2 Å². The highest BCUT2D eigenvalue weighted by molar-refractivity contribution is 8.13. The molecule has 0 aliphatic heterocycles. The van der Waals surface area contributed by atoms with Gasteiger partial charge in [-0.2, -0.15) is 0 Å². The van der Waals surface area contributed by atoms with Gasteiger partial charge in [0.05, 0.1) is 7.11 Å². The van der Waals surface area contributed by atoms with Crippen LogP contribution < -0.4 is 4.74 Å². The van der Waals surface area contributed by atoms with Crippen LogP contribution in [0.25, 0.3) is 0 Å². The summed E-state index contributed by atoms with van der Waals surface area (Å²) in [4.78, 5) is 2.58. The number of aromatic nitrogens is 1. The molecule has 0 fully saturated rings. The zero-order chi connectivity index (χ0) is 12.5. The number of pyridine rings is 1. The molecule has 1 heterocycles. The van der Waals surface area contributed by atoms with E-state index in [4.69, 9.17) is 22.3 Å². The average Bonchev–Trinajstić information content (AvgIpc) is 2.14. The van der Waals surface area contributed by atoms with Crippen LogP contribution >= 0.6 is 22.3 Å². The van der Waals surface area contributed by atoms with Crippen molar-refractivity contribution < 1.29 is 21.9 Å². The second-order valence-electron chi connectivity index (χ2n) is 2.61. The van der Waals surface area contributed by atoms with Crippen molar-refractivity contribution in [1.82, 2.24) is 4.98 Å². The van der Waals surface area contributed by atoms with E-state index in [2.05, 4.69) is 9.72 Å². The fraction of sp³-hybridized carbons (Fsp3) is 0.286. The molecule has 0 aliphatic carbocycles. The summed E-state index contributed by atoms with van der Waals surface area (Å²) in [7, 11) is 1.70. The molecule has 0 saturated carbocycles. The minimum absolute atomic E-state index is 0.309. The van der Waals surface area contributed by atoms with Gasteiger partial charge in [-0.3, -0.25) is 0 Å². The van der Waals surface area contributed by atoms with Crippen LogP contribution in [0.1, 0.15) is 12.0 Å². The molecular weight excluding hydrogens is 287 g/mol. The summed E-state index contributed by atoms with van der Waals surface area (Å²) >= 11 is 5.43. The highest BCUT2D eigenvalue weighted by Gasteiger charge is 2.28. The third kappa shape index (κ3) is 2.72. The van der Waals surface area contributed by atoms with E-state index in [1.54, 1.807) is 0 Å². The molecule has 0 aliphatic rings. The molecule has 0 atom stereocenters. The monoisotopic (exact) mass is 291 g/mol. The number of alkyl halides is 2. The largest absolute Gasteiger partial charge is 0.480 e. The Bertz CT molecular complexity index is 507. The quantitative estimate of drug-likeness (QED) is 0.634. The molecule has 1 rings (SSSR count). The maximum atomic E-state index is 12.6. The number of halogens is 4. The highest BCUT2D eigenvalue weighted by Crippen LogP contribution is 2.36. The lowest BCUT2D eigenvalue weighted by molar-refractivity contribution is 0.147. The van der Waals surface area contributed by atoms with Gasteiger partial charge in [-0.15, -0.1) is 0 Å². The topological polar surface area (TPSA) is 56.3 Å². The minimum atomic E-state index is -4.39. The van der Waals surface area contributed by atoms with Crippen LogP contribution in [0, 0.1) is 0 Å². The maximum absolute atomic E-state index is 12.6. The molecule has 1 aromatic heterocycles. The molecule has 0 bridgehead atoms. The Morgan fingerprint density at radius 1 is 1.50 bits per heavy atom. The molecule has 4 nitrogen and oxygen atoms in total. The van der Waals surface area contributed by atoms with Crippen molar-refractivity contribution in [2.75, 3.05) is 7.11 Å². The first-order valence-corrected chi connectivity index (χ1v) is 6.43. The summed E-state index contributed by atoms with van der Waals surface area (Å²) in [5, 5.41) is -0.309. The van der Waals surface area contributed by atoms with Gasteiger partial charge < -0.3 is 4.74 Å². The fourth-order valence-electron chi connectivity index (χ4n) is 1.04. The van der Waals surface area contributed by atoms with Crippen LogP contribution in [0.3, 0.4) is 0 Å². The molecule has 90 valence electrons. The SMILES string of the molecule is COc1nc(Cl)cc(C(F)F)c1S(=O)(=O)Cl. The van der Waals surface area contributed by atoms with Crippen molar-refractivity contribution in [2.24, 2.45) is 0 Å². The van der Waals surface area contributed by atoms with Crippen LogP contribution in [-0.4, -0.2) is 20.5 Å². The lowest BCUT2D eigenvalue weighted by Crippen LogP contribution is -2.04. The van der Waals surface area contributed by atoms with Crippen molar-refractivity contribution in [3.8, 4) is 5.88 Å². The molecule has 16 heavy (non-hydrogen) atoms. The van der Waals surface area contributed by atoms with Gasteiger partial charge in [0.1, 0.15) is 5.15 Å². The lowest BCUT2D eigenvalue weighted by atomic mass is 10.3. The van der Waals surface area contributed by atoms with Crippen LogP contribution in [0.2, 0.25) is 5.15 Å². The van der Waals surface area contributed by atoms with Gasteiger partial charge in [-0.05, 0) is 6.07 Å². The zero-order valence-electron chi connectivity index (χ0n) is 7.75. The summed E-state index contributed by atoms with van der Waals surface area (Å²) < 4.78 is 52.0. The molecular formula is C7H5Cl2F2NO3S. The van der Waals surface area contributed by atoms with Crippen molar-refractivity contribution in [3.05, 3.63) is 16.8 Å². The first-order valence-electron chi connectivity index (χ1n) is 3.74. The molecule has 0 unspecified atom stereocenters. The van der Waals surface area contributed by atoms with Gasteiger partial charge in [0.2, 0.25) is 5.88 Å². The average molecular weight is 292 g/mol. The van der Waals surface area contributed by atoms with Crippen molar-refractivity contribution in [2.45, 2.75) is 11.3 Å². The summed E-state index contributed by atoms with van der Waals surface area (Å²) in [5.41, 5.74) is -0.841. The molecule has 0 N–H and O–H groups in total. The minimum Gasteiger partial charge on any atom is -0.480 e. The van der Waals surface area contributed by atoms with E-state index in [0.29, 0.717) is 0 Å². The predicted octanol–water partition coefficient (Wildman–Crippen LogP) is 2.61. The van der Waals surface area contributed by atoms with E-state index in [1.807, 2.05) is 0 Å². The molecule has 0 amide bonds. The number of hydrogen-bond donors (Lipinski definition) is 0. The van der Waals surface area contributed by atoms with E-state index >= 15 is 0 Å². The summed E-state index contributed by atoms with van der Waals surface area (Å²) in [6.45, 7) is 0. The summed E-state index contributed by atoms with van der Waals surface area (Å²) in [6, 6.07) is 0.726. The van der Waals surface area contributed by atoms with Crippen LogP contribution in [0.15, 0.2) is 11.0 Å². The van der Waals surface area contributed by atoms with E-state index in [9.17, 15) is 17.2 Å². The number of hydrogen-bond acceptors (Lipinski definition) is 4. The van der Waals surface area contributed by atoms with Crippen LogP contribution in [0.4, 0.5) is 8.78 Å². The Morgan fingerprint density at radius 2 is 2.06 bits per heavy atom. The van der Waals surface area contributed by atoms with Crippen molar-refractivity contribution in [1.29, 1.82) is 0 Å². The third-order valence-electron chi connectivity index (χ3n) is 1.61. The number of ether oxygens (including phenoxy) is 1. The molecule has 0 spiro atoms. The molecule has 0 aromatic carbocycles. The first kappa shape index (κ1) is 13.4. The van der Waals surface area contributed by atoms with Gasteiger partial charge >= 0.3 is 0 Å². The predicted molar refractivity (Wildman–Crippen MR) is 53.8 cm³/mol. The van der Waals surface area contributed by atoms with Crippen LogP contribution in [-0.2, 0) is 9.05 Å². The Labute approximate surface area is 99.6 Å². The molecule has 0 saturated heterocycles. The van der Waals surface area contributed by atoms with Crippen molar-refractivity contribution in [3.63, 3.8) is 0 Å². The Kier molecular flexibility index (Phi) is 3.92. The van der Waals surface area contributed by atoms with Gasteiger partial charge in [0.25, 0.3) is 15.5 Å². The highest BCUT2D eigenvalue weighted by atomic mass is 35.7. The second-order valence-corrected chi connectivity index (χ2v) is 5.50. The van der Waals surface area contributed by atoms with Gasteiger partial charge in [0.15, 0.2) is 4.90 Å². The second kappa shape index (κ2) is 4.68. The first-order chi connectivity index (χ1) is 7.27. The van der Waals surface area contributed by atoms with Gasteiger partial charge in [-0.1, -0.05) is 11.6 Å². The van der Waals surface area contributed by atoms with Crippen molar-refractivity contribution >= 4 is 31.3 Å². The third-order valence-corrected chi connectivity index (χ3v) is 3.17. The smallest absolute Gasteiger partial charge is 0.267 e. The Hall–Kier alpha value is -0.660. The van der Waals surface area contributed by atoms with E-state index in [0.717, 1.165) is 13.2 Å². The Morgan fingerprint density at radius 3 is 2.44 bits per heavy atom. The van der Waals surface area contributed by atoms with Gasteiger partial charge in [-0.25, -0.2) is 22.2 Å². The summed E-state index contributed by atoms with van der Waals surface area (Å²) in [5.74, 6) is -0.558. The fourth-order valence-corrected chi connectivity index (χ4v) is 2.47. The Balaban J connectivity index is 3.65. The number of rotatable bonds is 3. The zero-order valence-corrected chi connectivity index (χ0v) is 10.1. The summed E-state index contributed by atoms with van der Waals surface area (Å²) in [6.07, 6.45) is -3.06.